The van der Waals surface area contributed by atoms with Crippen molar-refractivity contribution in [2.45, 2.75) is 39.0 Å². The van der Waals surface area contributed by atoms with E-state index in [9.17, 15) is 9.59 Å². The maximum absolute atomic E-state index is 12.3. The maximum atomic E-state index is 12.3. The molecule has 0 aromatic heterocycles. The number of hydrogen-bond acceptors (Lipinski definition) is 2. The van der Waals surface area contributed by atoms with Crippen LogP contribution in [0.5, 0.6) is 0 Å². The van der Waals surface area contributed by atoms with Gasteiger partial charge in [0.15, 0.2) is 0 Å². The molecule has 0 bridgehead atoms. The summed E-state index contributed by atoms with van der Waals surface area (Å²) in [5.74, 6) is 0.798. The Labute approximate surface area is 138 Å². The average Bonchev–Trinajstić information content (AvgIpc) is 3.40. The second-order valence-corrected chi connectivity index (χ2v) is 7.03. The number of benzene rings is 1. The van der Waals surface area contributed by atoms with E-state index in [1.54, 1.807) is 0 Å². The van der Waals surface area contributed by atoms with E-state index in [2.05, 4.69) is 36.5 Å². The molecule has 1 unspecified atom stereocenters. The molecule has 1 aromatic carbocycles. The first-order valence-electron chi connectivity index (χ1n) is 8.73. The Bertz CT molecular complexity index is 563. The van der Waals surface area contributed by atoms with E-state index in [0.717, 1.165) is 38.8 Å². The minimum absolute atomic E-state index is 0.0477. The molecular formula is C19H26N2O2. The van der Waals surface area contributed by atoms with E-state index in [4.69, 9.17) is 0 Å². The summed E-state index contributed by atoms with van der Waals surface area (Å²) < 4.78 is 0. The van der Waals surface area contributed by atoms with Crippen LogP contribution in [0.2, 0.25) is 0 Å². The van der Waals surface area contributed by atoms with E-state index in [0.29, 0.717) is 5.92 Å². The number of carbonyl (C=O) groups is 2. The number of aryl methyl sites for hydroxylation is 1. The lowest BCUT2D eigenvalue weighted by Gasteiger charge is -2.33. The molecule has 1 atom stereocenters. The van der Waals surface area contributed by atoms with Crippen molar-refractivity contribution in [3.8, 4) is 0 Å². The van der Waals surface area contributed by atoms with Gasteiger partial charge in [0, 0.05) is 19.0 Å². The van der Waals surface area contributed by atoms with Crippen LogP contribution in [0.25, 0.3) is 0 Å². The van der Waals surface area contributed by atoms with Crippen LogP contribution >= 0.6 is 0 Å². The summed E-state index contributed by atoms with van der Waals surface area (Å²) in [4.78, 5) is 25.9. The molecule has 4 heteroatoms. The number of amides is 2. The first kappa shape index (κ1) is 16.0. The number of carbonyl (C=O) groups excluding carboxylic acids is 2. The van der Waals surface area contributed by atoms with E-state index in [-0.39, 0.29) is 24.3 Å². The van der Waals surface area contributed by atoms with Crippen molar-refractivity contribution in [1.82, 2.24) is 10.2 Å². The highest BCUT2D eigenvalue weighted by Gasteiger charge is 2.30. The number of nitrogens with zero attached hydrogens (tertiary/aromatic N) is 1. The number of nitrogens with one attached hydrogen (secondary N) is 1. The Morgan fingerprint density at radius 1 is 1.17 bits per heavy atom. The number of piperidine rings is 1. The molecule has 1 aliphatic carbocycles. The minimum atomic E-state index is 0.0477. The molecular weight excluding hydrogens is 288 g/mol. The molecule has 0 radical (unpaired) electrons. The molecule has 124 valence electrons. The lowest BCUT2D eigenvalue weighted by molar-refractivity contribution is -0.134. The van der Waals surface area contributed by atoms with Gasteiger partial charge in [0.2, 0.25) is 11.8 Å². The first-order chi connectivity index (χ1) is 11.1. The third kappa shape index (κ3) is 4.57. The van der Waals surface area contributed by atoms with Crippen molar-refractivity contribution in [2.75, 3.05) is 19.6 Å². The van der Waals surface area contributed by atoms with Gasteiger partial charge in [-0.15, -0.1) is 0 Å². The van der Waals surface area contributed by atoms with Gasteiger partial charge >= 0.3 is 0 Å². The average molecular weight is 314 g/mol. The molecule has 1 saturated heterocycles. The fourth-order valence-corrected chi connectivity index (χ4v) is 3.28. The van der Waals surface area contributed by atoms with Crippen molar-refractivity contribution in [3.05, 3.63) is 35.4 Å². The zero-order valence-corrected chi connectivity index (χ0v) is 13.9. The van der Waals surface area contributed by atoms with Gasteiger partial charge in [-0.25, -0.2) is 0 Å². The van der Waals surface area contributed by atoms with Gasteiger partial charge < -0.3 is 10.2 Å². The summed E-state index contributed by atoms with van der Waals surface area (Å²) in [7, 11) is 0. The molecule has 1 saturated carbocycles. The van der Waals surface area contributed by atoms with Gasteiger partial charge in [-0.1, -0.05) is 29.8 Å². The fourth-order valence-electron chi connectivity index (χ4n) is 3.28. The maximum Gasteiger partial charge on any atom is 0.241 e. The molecule has 23 heavy (non-hydrogen) atoms. The summed E-state index contributed by atoms with van der Waals surface area (Å²) in [5.41, 5.74) is 2.62. The van der Waals surface area contributed by atoms with Crippen LogP contribution in [-0.4, -0.2) is 36.3 Å². The molecule has 1 N–H and O–H groups in total. The van der Waals surface area contributed by atoms with Crippen LogP contribution in [-0.2, 0) is 16.0 Å². The largest absolute Gasteiger partial charge is 0.347 e. The lowest BCUT2D eigenvalue weighted by Crippen LogP contribution is -2.45. The van der Waals surface area contributed by atoms with E-state index < -0.39 is 0 Å². The quantitative estimate of drug-likeness (QED) is 0.906. The summed E-state index contributed by atoms with van der Waals surface area (Å²) in [6.45, 7) is 3.89. The predicted octanol–water partition coefficient (Wildman–Crippen LogP) is 2.30. The molecule has 2 aliphatic rings. The molecule has 0 spiro atoms. The summed E-state index contributed by atoms with van der Waals surface area (Å²) in [6.07, 6.45) is 5.20. The summed E-state index contributed by atoms with van der Waals surface area (Å²) >= 11 is 0. The Hall–Kier alpha value is -1.84. The van der Waals surface area contributed by atoms with Crippen LogP contribution in [0.3, 0.4) is 0 Å². The van der Waals surface area contributed by atoms with Crippen molar-refractivity contribution in [3.63, 3.8) is 0 Å². The van der Waals surface area contributed by atoms with Crippen molar-refractivity contribution in [2.24, 2.45) is 11.8 Å². The van der Waals surface area contributed by atoms with Crippen molar-refractivity contribution >= 4 is 11.8 Å². The third-order valence-corrected chi connectivity index (χ3v) is 4.88. The van der Waals surface area contributed by atoms with Crippen LogP contribution < -0.4 is 5.32 Å². The van der Waals surface area contributed by atoms with Crippen LogP contribution in [0.15, 0.2) is 24.3 Å². The number of hydrogen-bond donors (Lipinski definition) is 1. The van der Waals surface area contributed by atoms with Gasteiger partial charge in [-0.2, -0.15) is 0 Å². The molecule has 2 fully saturated rings. The van der Waals surface area contributed by atoms with Crippen LogP contribution in [0, 0.1) is 18.8 Å². The highest BCUT2D eigenvalue weighted by Crippen LogP contribution is 2.28. The summed E-state index contributed by atoms with van der Waals surface area (Å²) in [6, 6.07) is 8.67. The van der Waals surface area contributed by atoms with Gasteiger partial charge in [0.1, 0.15) is 0 Å². The molecule has 1 aliphatic heterocycles. The Morgan fingerprint density at radius 3 is 2.61 bits per heavy atom. The highest BCUT2D eigenvalue weighted by atomic mass is 16.2. The smallest absolute Gasteiger partial charge is 0.241 e. The second-order valence-electron chi connectivity index (χ2n) is 7.03. The topological polar surface area (TPSA) is 49.4 Å². The van der Waals surface area contributed by atoms with Gasteiger partial charge in [-0.3, -0.25) is 9.59 Å². The van der Waals surface area contributed by atoms with Crippen molar-refractivity contribution < 1.29 is 9.59 Å². The Morgan fingerprint density at radius 2 is 1.91 bits per heavy atom. The number of likely N-dealkylation sites (tertiary alicyclic amines) is 1. The van der Waals surface area contributed by atoms with Crippen molar-refractivity contribution in [1.29, 1.82) is 0 Å². The number of rotatable bonds is 5. The molecule has 4 nitrogen and oxygen atoms in total. The third-order valence-electron chi connectivity index (χ3n) is 4.88. The fraction of sp³-hybridized carbons (Fsp3) is 0.579. The molecule has 3 rings (SSSR count). The zero-order chi connectivity index (χ0) is 16.2. The van der Waals surface area contributed by atoms with Gasteiger partial charge in [0.05, 0.1) is 6.54 Å². The molecule has 1 heterocycles. The Balaban J connectivity index is 1.47. The van der Waals surface area contributed by atoms with Crippen LogP contribution in [0.4, 0.5) is 0 Å². The first-order valence-corrected chi connectivity index (χ1v) is 8.73. The van der Waals surface area contributed by atoms with Gasteiger partial charge in [-0.05, 0) is 50.5 Å². The Kier molecular flexibility index (Phi) is 4.99. The summed E-state index contributed by atoms with van der Waals surface area (Å²) in [5, 5.41) is 2.78. The normalized spacial score (nSPS) is 21.1. The highest BCUT2D eigenvalue weighted by molar-refractivity contribution is 5.86. The monoisotopic (exact) mass is 314 g/mol. The molecule has 2 amide bonds. The molecule has 1 aromatic rings. The van der Waals surface area contributed by atoms with E-state index >= 15 is 0 Å². The van der Waals surface area contributed by atoms with Crippen LogP contribution in [0.1, 0.15) is 36.8 Å². The van der Waals surface area contributed by atoms with E-state index in [1.165, 1.54) is 17.5 Å². The SMILES string of the molecule is Cc1ccc(CC2CCCN(C(=O)CNC(=O)C3CC3)C2)cc1. The standard InChI is InChI=1S/C19H26N2O2/c1-14-4-6-15(7-5-14)11-16-3-2-10-21(13-16)18(22)12-20-19(23)17-8-9-17/h4-7,16-17H,2-3,8-13H2,1H3,(H,20,23). The van der Waals surface area contributed by atoms with E-state index in [1.807, 2.05) is 4.90 Å². The predicted molar refractivity (Wildman–Crippen MR) is 89.9 cm³/mol. The lowest BCUT2D eigenvalue weighted by atomic mass is 9.91. The minimum Gasteiger partial charge on any atom is -0.347 e. The zero-order valence-electron chi connectivity index (χ0n) is 13.9. The second kappa shape index (κ2) is 7.16. The van der Waals surface area contributed by atoms with Gasteiger partial charge in [0.25, 0.3) is 0 Å².